The quantitative estimate of drug-likeness (QED) is 0.0261. The Hall–Kier alpha value is -4.19. The zero-order chi connectivity index (χ0) is 56.4. The maximum atomic E-state index is 12.9. The Morgan fingerprint density at radius 1 is 0.269 bits per heavy atom. The minimum absolute atomic E-state index is 0.0935. The number of unbranched alkanes of at least 4 members (excludes halogenated alkanes) is 27. The van der Waals surface area contributed by atoms with E-state index in [1.54, 1.807) is 0 Å². The average molecular weight is 1080 g/mol. The highest BCUT2D eigenvalue weighted by Crippen LogP contribution is 2.15. The first-order valence-corrected chi connectivity index (χ1v) is 32.5. The Bertz CT molecular complexity index is 1620. The monoisotopic (exact) mass is 1080 g/mol. The summed E-state index contributed by atoms with van der Waals surface area (Å²) in [5.74, 6) is -0.923. The van der Waals surface area contributed by atoms with Gasteiger partial charge in [-0.1, -0.05) is 264 Å². The van der Waals surface area contributed by atoms with Crippen LogP contribution in [0.3, 0.4) is 0 Å². The van der Waals surface area contributed by atoms with Gasteiger partial charge in [-0.3, -0.25) is 14.4 Å². The Morgan fingerprint density at radius 2 is 0.500 bits per heavy atom. The molecule has 0 fully saturated rings. The average Bonchev–Trinajstić information content (AvgIpc) is 3.44. The molecule has 0 radical (unpaired) electrons. The minimum Gasteiger partial charge on any atom is -0.462 e. The first-order chi connectivity index (χ1) is 38.5. The second-order valence-corrected chi connectivity index (χ2v) is 21.3. The molecule has 0 N–H and O–H groups in total. The van der Waals surface area contributed by atoms with Crippen LogP contribution in [0.15, 0.2) is 122 Å². The lowest BCUT2D eigenvalue weighted by molar-refractivity contribution is -0.167. The molecule has 0 aromatic heterocycles. The zero-order valence-corrected chi connectivity index (χ0v) is 50.9. The van der Waals surface area contributed by atoms with Gasteiger partial charge in [-0.05, 0) is 135 Å². The van der Waals surface area contributed by atoms with E-state index >= 15 is 0 Å². The molecule has 6 heteroatoms. The van der Waals surface area contributed by atoms with E-state index in [4.69, 9.17) is 14.2 Å². The third kappa shape index (κ3) is 62.7. The van der Waals surface area contributed by atoms with E-state index in [2.05, 4.69) is 142 Å². The van der Waals surface area contributed by atoms with Gasteiger partial charge in [0.1, 0.15) is 13.2 Å². The predicted molar refractivity (Wildman–Crippen MR) is 339 cm³/mol. The summed E-state index contributed by atoms with van der Waals surface area (Å²) >= 11 is 0. The van der Waals surface area contributed by atoms with Gasteiger partial charge >= 0.3 is 17.9 Å². The van der Waals surface area contributed by atoms with Crippen LogP contribution >= 0.6 is 0 Å². The topological polar surface area (TPSA) is 78.9 Å². The van der Waals surface area contributed by atoms with Gasteiger partial charge < -0.3 is 14.2 Å². The van der Waals surface area contributed by atoms with Crippen LogP contribution in [0, 0.1) is 0 Å². The van der Waals surface area contributed by atoms with Crippen molar-refractivity contribution in [2.24, 2.45) is 0 Å². The van der Waals surface area contributed by atoms with E-state index < -0.39 is 6.10 Å². The number of rotatable bonds is 58. The van der Waals surface area contributed by atoms with Crippen molar-refractivity contribution in [3.63, 3.8) is 0 Å². The van der Waals surface area contributed by atoms with Crippen molar-refractivity contribution in [1.82, 2.24) is 0 Å². The van der Waals surface area contributed by atoms with Crippen molar-refractivity contribution in [3.8, 4) is 0 Å². The summed E-state index contributed by atoms with van der Waals surface area (Å²) in [6.45, 7) is 6.49. The van der Waals surface area contributed by atoms with Crippen molar-refractivity contribution in [1.29, 1.82) is 0 Å². The Morgan fingerprint density at radius 3 is 0.808 bits per heavy atom. The SMILES string of the molecule is CC/C=C\C/C=C\C/C=C\C/C=C\C/C=C\C/C=C\C/C=C\CCCCCCCC(=O)OCC(COC(=O)CCCCCCC/C=C\CCCCCCCC)OC(=O)CCCCCCCCC/C=C\C/C=C\CCCCCC. The molecule has 0 aliphatic heterocycles. The molecule has 0 saturated carbocycles. The molecule has 1 atom stereocenters. The third-order valence-corrected chi connectivity index (χ3v) is 13.7. The molecule has 0 amide bonds. The third-order valence-electron chi connectivity index (χ3n) is 13.7. The standard InChI is InChI=1S/C72H120O6/c1-4-7-10-13-16-19-22-25-28-30-32-33-34-35-36-37-38-39-40-42-44-47-50-53-56-59-62-65-71(74)77-68-69(67-76-70(73)64-61-58-55-52-49-46-43-27-24-21-18-15-12-9-6-3)78-72(75)66-63-60-57-54-51-48-45-41-31-29-26-23-20-17-14-11-8-5-2/h7,10,16,19-20,23,25,27-29,31-33,35-36,38-39,42-44,69H,4-6,8-9,11-15,17-18,21-22,24,26,30,34,37,40-41,45-68H2,1-3H3/b10-7-,19-16-,23-20-,28-25-,31-29-,33-32-,36-35-,39-38-,43-27-,44-42-. The van der Waals surface area contributed by atoms with Gasteiger partial charge in [0.25, 0.3) is 0 Å². The normalized spacial score (nSPS) is 12.9. The molecule has 78 heavy (non-hydrogen) atoms. The first kappa shape index (κ1) is 73.8. The molecule has 6 nitrogen and oxygen atoms in total. The summed E-state index contributed by atoms with van der Waals surface area (Å²) in [5, 5.41) is 0. The lowest BCUT2D eigenvalue weighted by Gasteiger charge is -2.18. The number of allylic oxidation sites excluding steroid dienone is 20. The fraction of sp³-hybridized carbons (Fsp3) is 0.681. The smallest absolute Gasteiger partial charge is 0.306 e. The molecule has 444 valence electrons. The molecule has 0 saturated heterocycles. The highest BCUT2D eigenvalue weighted by Gasteiger charge is 2.19. The van der Waals surface area contributed by atoms with Crippen LogP contribution in [0.4, 0.5) is 0 Å². The predicted octanol–water partition coefficient (Wildman–Crippen LogP) is 22.4. The van der Waals surface area contributed by atoms with Crippen molar-refractivity contribution in [2.75, 3.05) is 13.2 Å². The van der Waals surface area contributed by atoms with Gasteiger partial charge in [-0.2, -0.15) is 0 Å². The number of hydrogen-bond acceptors (Lipinski definition) is 6. The van der Waals surface area contributed by atoms with Crippen LogP contribution in [0.5, 0.6) is 0 Å². The number of carbonyl (C=O) groups is 3. The molecule has 1 unspecified atom stereocenters. The van der Waals surface area contributed by atoms with Gasteiger partial charge in [-0.15, -0.1) is 0 Å². The van der Waals surface area contributed by atoms with Crippen LogP contribution in [0.25, 0.3) is 0 Å². The summed E-state index contributed by atoms with van der Waals surface area (Å²) in [6, 6.07) is 0. The summed E-state index contributed by atoms with van der Waals surface area (Å²) in [5.41, 5.74) is 0. The van der Waals surface area contributed by atoms with Crippen LogP contribution < -0.4 is 0 Å². The largest absolute Gasteiger partial charge is 0.462 e. The first-order valence-electron chi connectivity index (χ1n) is 32.5. The molecule has 0 bridgehead atoms. The van der Waals surface area contributed by atoms with E-state index in [0.717, 1.165) is 141 Å². The van der Waals surface area contributed by atoms with Gasteiger partial charge in [0, 0.05) is 19.3 Å². The lowest BCUT2D eigenvalue weighted by Crippen LogP contribution is -2.30. The zero-order valence-electron chi connectivity index (χ0n) is 50.9. The molecule has 0 spiro atoms. The van der Waals surface area contributed by atoms with Gasteiger partial charge in [0.2, 0.25) is 0 Å². The maximum absolute atomic E-state index is 12.9. The number of hydrogen-bond donors (Lipinski definition) is 0. The molecule has 0 aliphatic rings. The summed E-state index contributed by atoms with van der Waals surface area (Å²) < 4.78 is 16.9. The Labute approximate surface area is 482 Å². The van der Waals surface area contributed by atoms with Crippen LogP contribution in [0.1, 0.15) is 297 Å². The Balaban J connectivity index is 4.42. The summed E-state index contributed by atoms with van der Waals surface area (Å²) in [6.07, 6.45) is 90.5. The highest BCUT2D eigenvalue weighted by atomic mass is 16.6. The summed E-state index contributed by atoms with van der Waals surface area (Å²) in [4.78, 5) is 38.3. The fourth-order valence-corrected chi connectivity index (χ4v) is 8.80. The fourth-order valence-electron chi connectivity index (χ4n) is 8.80. The number of carbonyl (C=O) groups excluding carboxylic acids is 3. The van der Waals surface area contributed by atoms with Crippen molar-refractivity contribution < 1.29 is 28.6 Å². The van der Waals surface area contributed by atoms with Crippen LogP contribution in [-0.2, 0) is 28.6 Å². The number of ether oxygens (including phenoxy) is 3. The Kier molecular flexibility index (Phi) is 61.8. The van der Waals surface area contributed by atoms with Crippen molar-refractivity contribution in [3.05, 3.63) is 122 Å². The van der Waals surface area contributed by atoms with E-state index in [1.807, 2.05) is 0 Å². The molecular weight excluding hydrogens is 961 g/mol. The lowest BCUT2D eigenvalue weighted by atomic mass is 10.1. The summed E-state index contributed by atoms with van der Waals surface area (Å²) in [7, 11) is 0. The second kappa shape index (κ2) is 65.3. The van der Waals surface area contributed by atoms with E-state index in [0.29, 0.717) is 19.3 Å². The minimum atomic E-state index is -0.799. The molecule has 0 rings (SSSR count). The highest BCUT2D eigenvalue weighted by molar-refractivity contribution is 5.71. The van der Waals surface area contributed by atoms with Gasteiger partial charge in [0.05, 0.1) is 0 Å². The second-order valence-electron chi connectivity index (χ2n) is 21.3. The van der Waals surface area contributed by atoms with Crippen LogP contribution in [0.2, 0.25) is 0 Å². The molecule has 0 aliphatic carbocycles. The molecule has 0 aromatic carbocycles. The van der Waals surface area contributed by atoms with E-state index in [1.165, 1.54) is 116 Å². The van der Waals surface area contributed by atoms with E-state index in [9.17, 15) is 14.4 Å². The van der Waals surface area contributed by atoms with Gasteiger partial charge in [-0.25, -0.2) is 0 Å². The van der Waals surface area contributed by atoms with Crippen molar-refractivity contribution >= 4 is 17.9 Å². The van der Waals surface area contributed by atoms with Crippen LogP contribution in [-0.4, -0.2) is 37.2 Å². The van der Waals surface area contributed by atoms with Crippen molar-refractivity contribution in [2.45, 2.75) is 303 Å². The molecular formula is C72H120O6. The molecule has 0 heterocycles. The van der Waals surface area contributed by atoms with E-state index in [-0.39, 0.29) is 31.1 Å². The van der Waals surface area contributed by atoms with Gasteiger partial charge in [0.15, 0.2) is 6.10 Å². The maximum Gasteiger partial charge on any atom is 0.306 e. The number of esters is 3. The molecule has 0 aromatic rings.